The molecule has 0 aromatic rings. The van der Waals surface area contributed by atoms with Gasteiger partial charge >= 0.3 is 0 Å². The topological polar surface area (TPSA) is 0 Å². The lowest BCUT2D eigenvalue weighted by molar-refractivity contribution is 0.871. The minimum atomic E-state index is 0. The van der Waals surface area contributed by atoms with Gasteiger partial charge in [0.05, 0.1) is 0 Å². The van der Waals surface area contributed by atoms with Crippen molar-refractivity contribution in [3.63, 3.8) is 0 Å². The molecule has 0 aliphatic rings. The predicted octanol–water partition coefficient (Wildman–Crippen LogP) is 10.4. The van der Waals surface area contributed by atoms with Crippen LogP contribution in [0.1, 0.15) is 63.8 Å². The fourth-order valence-electron chi connectivity index (χ4n) is 0.407. The predicted molar refractivity (Wildman–Crippen MR) is 131 cm³/mol. The number of hydrogen-bond donors (Lipinski definition) is 0. The van der Waals surface area contributed by atoms with Crippen LogP contribution in [0, 0.1) is 0 Å². The first-order valence-corrected chi connectivity index (χ1v) is 5.13. The zero-order valence-electron chi connectivity index (χ0n) is 11.8. The Morgan fingerprint density at radius 1 is 0.391 bits per heavy atom. The van der Waals surface area contributed by atoms with Gasteiger partial charge in [-0.15, -0.1) is 78.9 Å². The number of hydrogen-bond acceptors (Lipinski definition) is 0. The lowest BCUT2D eigenvalue weighted by atomic mass is 10.2. The van der Waals surface area contributed by atoms with E-state index in [9.17, 15) is 0 Å². The molecule has 0 nitrogen and oxygen atoms in total. The Hall–Kier alpha value is -1.82. The number of rotatable bonds is 4. The molecular formula is C23H56. The molecule has 0 heteroatoms. The van der Waals surface area contributed by atoms with Crippen LogP contribution >= 0.6 is 0 Å². The molecule has 0 aromatic carbocycles. The van der Waals surface area contributed by atoms with Crippen molar-refractivity contribution >= 4 is 0 Å². The largest absolute Gasteiger partial charge is 0.106 e. The van der Waals surface area contributed by atoms with Crippen molar-refractivity contribution < 1.29 is 0 Å². The molecular weight excluding hydrogens is 276 g/mol. The summed E-state index contributed by atoms with van der Waals surface area (Å²) in [6.45, 7) is 37.2. The lowest BCUT2D eigenvalue weighted by Gasteiger charge is -1.84. The maximum absolute atomic E-state index is 3.60. The van der Waals surface area contributed by atoms with Crippen molar-refractivity contribution in [2.75, 3.05) is 0 Å². The molecule has 0 atom stereocenters. The average Bonchev–Trinajstić information content (AvgIpc) is 2.50. The van der Waals surface area contributed by atoms with E-state index in [4.69, 9.17) is 0 Å². The number of allylic oxidation sites excluding steroid dienone is 2. The van der Waals surface area contributed by atoms with Crippen LogP contribution in [0.15, 0.2) is 91.1 Å². The highest BCUT2D eigenvalue weighted by Gasteiger charge is 1.74. The first kappa shape index (κ1) is 102. The van der Waals surface area contributed by atoms with Crippen LogP contribution in [0.3, 0.4) is 0 Å². The molecule has 23 heavy (non-hydrogen) atoms. The van der Waals surface area contributed by atoms with E-state index in [0.29, 0.717) is 0 Å². The summed E-state index contributed by atoms with van der Waals surface area (Å²) >= 11 is 0. The Kier molecular flexibility index (Phi) is 3270. The van der Waals surface area contributed by atoms with E-state index in [2.05, 4.69) is 78.9 Å². The van der Waals surface area contributed by atoms with Crippen LogP contribution < -0.4 is 0 Å². The van der Waals surface area contributed by atoms with E-state index >= 15 is 0 Å². The molecule has 0 rings (SSSR count). The molecule has 0 fully saturated rings. The zero-order chi connectivity index (χ0) is 15.5. The van der Waals surface area contributed by atoms with E-state index < -0.39 is 0 Å². The van der Waals surface area contributed by atoms with E-state index in [1.807, 2.05) is 12.2 Å². The van der Waals surface area contributed by atoms with Crippen molar-refractivity contribution in [2.24, 2.45) is 0 Å². The summed E-state index contributed by atoms with van der Waals surface area (Å²) in [5.74, 6) is 0. The summed E-state index contributed by atoms with van der Waals surface area (Å²) in [5, 5.41) is 0. The zero-order valence-corrected chi connectivity index (χ0v) is 11.8. The maximum Gasteiger partial charge on any atom is -0.0350 e. The Morgan fingerprint density at radius 2 is 0.522 bits per heavy atom. The highest BCUT2D eigenvalue weighted by Crippen LogP contribution is 1.93. The molecule has 0 bridgehead atoms. The summed E-state index contributed by atoms with van der Waals surface area (Å²) in [5.41, 5.74) is 0. The monoisotopic (exact) mass is 332 g/mol. The standard InChI is InChI=1S/C7H12.5C2H4.6CH4/c1-3-5-7-6-4-2;5*1-2;;;;;;/h3-4H,1-2,5-7H2;5*1-2H2;6*1H4. The number of unbranched alkanes of at least 4 members (excludes halogenated alkanes) is 2. The van der Waals surface area contributed by atoms with Crippen LogP contribution in [-0.2, 0) is 0 Å². The fourth-order valence-corrected chi connectivity index (χ4v) is 0.407. The third kappa shape index (κ3) is 1400. The van der Waals surface area contributed by atoms with E-state index in [1.165, 1.54) is 6.42 Å². The summed E-state index contributed by atoms with van der Waals surface area (Å²) in [7, 11) is 0. The van der Waals surface area contributed by atoms with Crippen LogP contribution in [0.2, 0.25) is 0 Å². The van der Waals surface area contributed by atoms with E-state index in [0.717, 1.165) is 12.8 Å². The Labute approximate surface area is 155 Å². The van der Waals surface area contributed by atoms with E-state index in [-0.39, 0.29) is 44.6 Å². The van der Waals surface area contributed by atoms with Crippen molar-refractivity contribution in [3.8, 4) is 0 Å². The molecule has 0 spiro atoms. The highest BCUT2D eigenvalue weighted by atomic mass is 13.8. The molecule has 148 valence electrons. The normalized spacial score (nSPS) is 3.30. The van der Waals surface area contributed by atoms with E-state index in [1.54, 1.807) is 0 Å². The van der Waals surface area contributed by atoms with Crippen molar-refractivity contribution in [3.05, 3.63) is 91.1 Å². The molecule has 0 N–H and O–H groups in total. The Morgan fingerprint density at radius 3 is 0.609 bits per heavy atom. The van der Waals surface area contributed by atoms with Gasteiger partial charge in [0.1, 0.15) is 0 Å². The molecule has 0 radical (unpaired) electrons. The summed E-state index contributed by atoms with van der Waals surface area (Å²) < 4.78 is 0. The molecule has 0 aromatic heterocycles. The van der Waals surface area contributed by atoms with Gasteiger partial charge < -0.3 is 0 Å². The van der Waals surface area contributed by atoms with Gasteiger partial charge in [0.2, 0.25) is 0 Å². The average molecular weight is 333 g/mol. The third-order valence-corrected chi connectivity index (χ3v) is 0.816. The van der Waals surface area contributed by atoms with Gasteiger partial charge in [-0.3, -0.25) is 0 Å². The second-order valence-electron chi connectivity index (χ2n) is 1.51. The third-order valence-electron chi connectivity index (χ3n) is 0.816. The van der Waals surface area contributed by atoms with Gasteiger partial charge in [-0.1, -0.05) is 56.7 Å². The molecule has 0 saturated carbocycles. The van der Waals surface area contributed by atoms with Gasteiger partial charge in [0.25, 0.3) is 0 Å². The first-order chi connectivity index (χ1) is 8.41. The smallest absolute Gasteiger partial charge is 0.0350 e. The van der Waals surface area contributed by atoms with Gasteiger partial charge in [-0.2, -0.15) is 0 Å². The molecule has 0 heterocycles. The molecule has 0 saturated heterocycles. The van der Waals surface area contributed by atoms with Gasteiger partial charge in [-0.25, -0.2) is 0 Å². The molecule has 0 unspecified atom stereocenters. The van der Waals surface area contributed by atoms with Gasteiger partial charge in [-0.05, 0) is 19.3 Å². The second-order valence-corrected chi connectivity index (χ2v) is 1.51. The fraction of sp³-hybridized carbons (Fsp3) is 0.391. The summed E-state index contributed by atoms with van der Waals surface area (Å²) in [4.78, 5) is 0. The minimum Gasteiger partial charge on any atom is -0.106 e. The molecule has 0 aliphatic heterocycles. The van der Waals surface area contributed by atoms with Gasteiger partial charge in [0.15, 0.2) is 0 Å². The Bertz CT molecular complexity index is 83.0. The molecule has 0 aliphatic carbocycles. The summed E-state index contributed by atoms with van der Waals surface area (Å²) in [6.07, 6.45) is 7.30. The maximum atomic E-state index is 3.60. The van der Waals surface area contributed by atoms with Crippen LogP contribution in [-0.4, -0.2) is 0 Å². The van der Waals surface area contributed by atoms with Crippen LogP contribution in [0.4, 0.5) is 0 Å². The van der Waals surface area contributed by atoms with Crippen molar-refractivity contribution in [2.45, 2.75) is 63.8 Å². The molecule has 0 amide bonds. The summed E-state index contributed by atoms with van der Waals surface area (Å²) in [6, 6.07) is 0. The highest BCUT2D eigenvalue weighted by molar-refractivity contribution is 4.71. The van der Waals surface area contributed by atoms with Crippen molar-refractivity contribution in [1.29, 1.82) is 0 Å². The van der Waals surface area contributed by atoms with Crippen LogP contribution in [0.25, 0.3) is 0 Å². The second kappa shape index (κ2) is 734. The quantitative estimate of drug-likeness (QED) is 0.354. The van der Waals surface area contributed by atoms with Crippen LogP contribution in [0.5, 0.6) is 0 Å². The van der Waals surface area contributed by atoms with Crippen molar-refractivity contribution in [1.82, 2.24) is 0 Å². The first-order valence-electron chi connectivity index (χ1n) is 5.13. The minimum absolute atomic E-state index is 0. The SMILES string of the molecule is C.C.C.C.C.C.C=C.C=C.C=C.C=C.C=C.C=CCCCC=C. The van der Waals surface area contributed by atoms with Gasteiger partial charge in [0, 0.05) is 0 Å². The lowest BCUT2D eigenvalue weighted by Crippen LogP contribution is -1.64. The Balaban J connectivity index is -0.00000000674.